The van der Waals surface area contributed by atoms with Gasteiger partial charge in [-0.15, -0.1) is 0 Å². The fourth-order valence-electron chi connectivity index (χ4n) is 2.83. The van der Waals surface area contributed by atoms with Gasteiger partial charge in [0.05, 0.1) is 13.2 Å². The second kappa shape index (κ2) is 10.8. The third-order valence-corrected chi connectivity index (χ3v) is 4.05. The van der Waals surface area contributed by atoms with Crippen LogP contribution in [-0.4, -0.2) is 37.7 Å². The molecule has 1 aliphatic heterocycles. The summed E-state index contributed by atoms with van der Waals surface area (Å²) in [5, 5.41) is 0. The number of morpholine rings is 1. The Bertz CT molecular complexity index is 178. The highest BCUT2D eigenvalue weighted by atomic mass is 16.5. The fraction of sp³-hybridized carbons (Fsp3) is 1.00. The van der Waals surface area contributed by atoms with Gasteiger partial charge in [-0.1, -0.05) is 52.4 Å². The number of rotatable bonds is 10. The summed E-state index contributed by atoms with van der Waals surface area (Å²) in [6.45, 7) is 10.1. The third kappa shape index (κ3) is 7.38. The zero-order chi connectivity index (χ0) is 13.1. The molecule has 18 heavy (non-hydrogen) atoms. The molecule has 108 valence electrons. The molecular weight excluding hydrogens is 222 g/mol. The Balaban J connectivity index is 2.20. The van der Waals surface area contributed by atoms with Crippen LogP contribution in [0.25, 0.3) is 0 Å². The van der Waals surface area contributed by atoms with Gasteiger partial charge in [0.15, 0.2) is 0 Å². The number of hydrogen-bond donors (Lipinski definition) is 0. The third-order valence-electron chi connectivity index (χ3n) is 4.05. The van der Waals surface area contributed by atoms with Gasteiger partial charge >= 0.3 is 0 Å². The molecule has 0 aromatic carbocycles. The van der Waals surface area contributed by atoms with Crippen molar-refractivity contribution in [3.8, 4) is 0 Å². The minimum Gasteiger partial charge on any atom is -0.379 e. The highest BCUT2D eigenvalue weighted by molar-refractivity contribution is 4.69. The standard InChI is InChI=1S/C16H33NO/c1-3-5-7-8-10-16(9-6-4-2)15-17-11-13-18-14-12-17/h16H,3-15H2,1-2H3. The number of ether oxygens (including phenoxy) is 1. The second-order valence-corrected chi connectivity index (χ2v) is 5.77. The largest absolute Gasteiger partial charge is 0.379 e. The lowest BCUT2D eigenvalue weighted by Crippen LogP contribution is -2.39. The average molecular weight is 255 g/mol. The summed E-state index contributed by atoms with van der Waals surface area (Å²) >= 11 is 0. The van der Waals surface area contributed by atoms with Crippen LogP contribution in [0.5, 0.6) is 0 Å². The van der Waals surface area contributed by atoms with E-state index >= 15 is 0 Å². The molecule has 0 N–H and O–H groups in total. The van der Waals surface area contributed by atoms with E-state index in [1.807, 2.05) is 0 Å². The van der Waals surface area contributed by atoms with E-state index in [0.29, 0.717) is 0 Å². The number of unbranched alkanes of at least 4 members (excludes halogenated alkanes) is 4. The highest BCUT2D eigenvalue weighted by Gasteiger charge is 2.16. The predicted octanol–water partition coefficient (Wildman–Crippen LogP) is 4.10. The molecule has 1 saturated heterocycles. The SMILES string of the molecule is CCCCCCC(CCCC)CN1CCOCC1. The first-order valence-corrected chi connectivity index (χ1v) is 8.16. The molecule has 1 fully saturated rings. The minimum atomic E-state index is 0.930. The first-order valence-electron chi connectivity index (χ1n) is 8.16. The van der Waals surface area contributed by atoms with Crippen molar-refractivity contribution in [1.29, 1.82) is 0 Å². The predicted molar refractivity (Wildman–Crippen MR) is 79.0 cm³/mol. The Morgan fingerprint density at radius 3 is 2.22 bits per heavy atom. The molecule has 0 aliphatic carbocycles. The van der Waals surface area contributed by atoms with E-state index in [9.17, 15) is 0 Å². The summed E-state index contributed by atoms with van der Waals surface area (Å²) in [6.07, 6.45) is 11.3. The first kappa shape index (κ1) is 16.0. The second-order valence-electron chi connectivity index (χ2n) is 5.77. The van der Waals surface area contributed by atoms with Crippen LogP contribution in [0.3, 0.4) is 0 Å². The lowest BCUT2D eigenvalue weighted by Gasteiger charge is -2.30. The van der Waals surface area contributed by atoms with Gasteiger partial charge in [-0.3, -0.25) is 4.90 Å². The minimum absolute atomic E-state index is 0.930. The summed E-state index contributed by atoms with van der Waals surface area (Å²) < 4.78 is 5.43. The van der Waals surface area contributed by atoms with Gasteiger partial charge in [0.1, 0.15) is 0 Å². The molecule has 0 aromatic rings. The maximum Gasteiger partial charge on any atom is 0.0594 e. The highest BCUT2D eigenvalue weighted by Crippen LogP contribution is 2.19. The average Bonchev–Trinajstić information content (AvgIpc) is 2.41. The van der Waals surface area contributed by atoms with Crippen LogP contribution in [0, 0.1) is 5.92 Å². The first-order chi connectivity index (χ1) is 8.86. The van der Waals surface area contributed by atoms with Gasteiger partial charge in [0.25, 0.3) is 0 Å². The summed E-state index contributed by atoms with van der Waals surface area (Å²) in [5.41, 5.74) is 0. The van der Waals surface area contributed by atoms with Gasteiger partial charge in [0, 0.05) is 19.6 Å². The van der Waals surface area contributed by atoms with E-state index < -0.39 is 0 Å². The smallest absolute Gasteiger partial charge is 0.0594 e. The van der Waals surface area contributed by atoms with Gasteiger partial charge in [-0.2, -0.15) is 0 Å². The van der Waals surface area contributed by atoms with Crippen molar-refractivity contribution < 1.29 is 4.74 Å². The van der Waals surface area contributed by atoms with Crippen molar-refractivity contribution in [3.63, 3.8) is 0 Å². The molecule has 0 radical (unpaired) electrons. The molecule has 1 rings (SSSR count). The molecule has 1 heterocycles. The molecule has 1 unspecified atom stereocenters. The van der Waals surface area contributed by atoms with Gasteiger partial charge in [0.2, 0.25) is 0 Å². The lowest BCUT2D eigenvalue weighted by atomic mass is 9.94. The van der Waals surface area contributed by atoms with Crippen LogP contribution in [0.2, 0.25) is 0 Å². The molecule has 0 spiro atoms. The Kier molecular flexibility index (Phi) is 9.59. The zero-order valence-corrected chi connectivity index (χ0v) is 12.6. The van der Waals surface area contributed by atoms with Crippen LogP contribution in [0.4, 0.5) is 0 Å². The molecule has 1 aliphatic rings. The van der Waals surface area contributed by atoms with Crippen molar-refractivity contribution in [3.05, 3.63) is 0 Å². The molecule has 1 atom stereocenters. The Labute approximate surface area is 114 Å². The van der Waals surface area contributed by atoms with E-state index in [1.54, 1.807) is 0 Å². The van der Waals surface area contributed by atoms with Gasteiger partial charge in [-0.25, -0.2) is 0 Å². The Morgan fingerprint density at radius 2 is 1.56 bits per heavy atom. The molecule has 0 amide bonds. The topological polar surface area (TPSA) is 12.5 Å². The summed E-state index contributed by atoms with van der Waals surface area (Å²) in [4.78, 5) is 2.61. The van der Waals surface area contributed by atoms with Crippen LogP contribution >= 0.6 is 0 Å². The summed E-state index contributed by atoms with van der Waals surface area (Å²) in [7, 11) is 0. The molecule has 2 nitrogen and oxygen atoms in total. The van der Waals surface area contributed by atoms with E-state index in [4.69, 9.17) is 4.74 Å². The Morgan fingerprint density at radius 1 is 0.889 bits per heavy atom. The van der Waals surface area contributed by atoms with Gasteiger partial charge in [-0.05, 0) is 18.8 Å². The van der Waals surface area contributed by atoms with Crippen LogP contribution in [0.1, 0.15) is 65.2 Å². The Hall–Kier alpha value is -0.0800. The zero-order valence-electron chi connectivity index (χ0n) is 12.6. The molecule has 0 saturated carbocycles. The summed E-state index contributed by atoms with van der Waals surface area (Å²) in [6, 6.07) is 0. The van der Waals surface area contributed by atoms with Crippen molar-refractivity contribution in [2.24, 2.45) is 5.92 Å². The molecular formula is C16H33NO. The summed E-state index contributed by atoms with van der Waals surface area (Å²) in [5.74, 6) is 0.930. The van der Waals surface area contributed by atoms with Crippen LogP contribution < -0.4 is 0 Å². The number of hydrogen-bond acceptors (Lipinski definition) is 2. The number of nitrogens with zero attached hydrogens (tertiary/aromatic N) is 1. The lowest BCUT2D eigenvalue weighted by molar-refractivity contribution is 0.0290. The van der Waals surface area contributed by atoms with Gasteiger partial charge < -0.3 is 4.74 Å². The maximum atomic E-state index is 5.43. The molecule has 0 aromatic heterocycles. The van der Waals surface area contributed by atoms with E-state index in [1.165, 1.54) is 57.9 Å². The molecule has 0 bridgehead atoms. The van der Waals surface area contributed by atoms with Crippen LogP contribution in [-0.2, 0) is 4.74 Å². The van der Waals surface area contributed by atoms with Crippen molar-refractivity contribution in [2.75, 3.05) is 32.8 Å². The van der Waals surface area contributed by atoms with Crippen molar-refractivity contribution in [2.45, 2.75) is 65.2 Å². The van der Waals surface area contributed by atoms with Crippen molar-refractivity contribution >= 4 is 0 Å². The van der Waals surface area contributed by atoms with E-state index in [2.05, 4.69) is 18.7 Å². The van der Waals surface area contributed by atoms with Crippen molar-refractivity contribution in [1.82, 2.24) is 4.90 Å². The molecule has 2 heteroatoms. The van der Waals surface area contributed by atoms with E-state index in [-0.39, 0.29) is 0 Å². The van der Waals surface area contributed by atoms with E-state index in [0.717, 1.165) is 32.2 Å². The quantitative estimate of drug-likeness (QED) is 0.545. The normalized spacial score (nSPS) is 19.0. The monoisotopic (exact) mass is 255 g/mol. The fourth-order valence-corrected chi connectivity index (χ4v) is 2.83. The maximum absolute atomic E-state index is 5.43. The van der Waals surface area contributed by atoms with Crippen LogP contribution in [0.15, 0.2) is 0 Å².